The minimum absolute atomic E-state index is 0.818. The van der Waals surface area contributed by atoms with Gasteiger partial charge in [-0.15, -0.1) is 0 Å². The largest absolute Gasteiger partial charge is 0.496 e. The molecule has 0 bridgehead atoms. The number of benzene rings is 3. The van der Waals surface area contributed by atoms with E-state index in [1.165, 1.54) is 10.8 Å². The lowest BCUT2D eigenvalue weighted by molar-refractivity contribution is 0.417. The van der Waals surface area contributed by atoms with E-state index in [0.29, 0.717) is 0 Å². The average molecular weight is 273 g/mol. The second kappa shape index (κ2) is 4.63. The van der Waals surface area contributed by atoms with Gasteiger partial charge in [0.2, 0.25) is 0 Å². The Kier molecular flexibility index (Phi) is 2.64. The normalized spacial score (nSPS) is 11.1. The molecule has 0 spiro atoms. The van der Waals surface area contributed by atoms with Gasteiger partial charge in [-0.2, -0.15) is 0 Å². The predicted octanol–water partition coefficient (Wildman–Crippen LogP) is 4.19. The Labute approximate surface area is 122 Å². The summed E-state index contributed by atoms with van der Waals surface area (Å²) in [6.45, 7) is 0. The molecule has 0 unspecified atom stereocenters. The highest BCUT2D eigenvalue weighted by atomic mass is 16.5. The Hall–Kier alpha value is -2.81. The van der Waals surface area contributed by atoms with Gasteiger partial charge in [0.25, 0.3) is 0 Å². The van der Waals surface area contributed by atoms with Crippen molar-refractivity contribution in [3.8, 4) is 16.9 Å². The predicted molar refractivity (Wildman–Crippen MR) is 84.4 cm³/mol. The first-order valence-corrected chi connectivity index (χ1v) is 6.79. The van der Waals surface area contributed by atoms with Crippen molar-refractivity contribution in [1.82, 2.24) is 9.97 Å². The Morgan fingerprint density at radius 2 is 1.86 bits per heavy atom. The molecule has 101 valence electrons. The van der Waals surface area contributed by atoms with E-state index < -0.39 is 0 Å². The van der Waals surface area contributed by atoms with Crippen molar-refractivity contribution in [1.29, 1.82) is 0 Å². The number of aromatic nitrogens is 2. The molecule has 0 atom stereocenters. The van der Waals surface area contributed by atoms with Crippen molar-refractivity contribution in [3.63, 3.8) is 0 Å². The van der Waals surface area contributed by atoms with Crippen LogP contribution in [-0.4, -0.2) is 17.1 Å². The van der Waals surface area contributed by atoms with Crippen LogP contribution in [0, 0.1) is 6.33 Å². The van der Waals surface area contributed by atoms with Crippen molar-refractivity contribution in [2.75, 3.05) is 7.11 Å². The van der Waals surface area contributed by atoms with Gasteiger partial charge in [0, 0.05) is 0 Å². The molecule has 3 heteroatoms. The Bertz CT molecular complexity index is 940. The van der Waals surface area contributed by atoms with Crippen LogP contribution in [0.3, 0.4) is 0 Å². The number of ether oxygens (including phenoxy) is 1. The van der Waals surface area contributed by atoms with Crippen molar-refractivity contribution in [3.05, 3.63) is 60.9 Å². The van der Waals surface area contributed by atoms with Crippen LogP contribution in [-0.2, 0) is 0 Å². The van der Waals surface area contributed by atoms with Crippen LogP contribution in [0.4, 0.5) is 0 Å². The third-order valence-electron chi connectivity index (χ3n) is 3.76. The maximum absolute atomic E-state index is 5.52. The van der Waals surface area contributed by atoms with Gasteiger partial charge in [0.1, 0.15) is 11.3 Å². The first-order chi connectivity index (χ1) is 10.4. The summed E-state index contributed by atoms with van der Waals surface area (Å²) in [4.78, 5) is 7.35. The Balaban J connectivity index is 2.04. The minimum atomic E-state index is 0.818. The molecule has 3 nitrogen and oxygen atoms in total. The zero-order valence-corrected chi connectivity index (χ0v) is 11.6. The number of hydrogen-bond donors (Lipinski definition) is 1. The molecule has 0 saturated carbocycles. The number of nitrogens with one attached hydrogen (secondary N) is 1. The molecule has 0 saturated heterocycles. The Morgan fingerprint density at radius 1 is 1.00 bits per heavy atom. The zero-order chi connectivity index (χ0) is 14.2. The summed E-state index contributed by atoms with van der Waals surface area (Å²) in [5, 5.41) is 2.43. The number of H-pyrrole nitrogens is 1. The fourth-order valence-corrected chi connectivity index (χ4v) is 2.73. The van der Waals surface area contributed by atoms with E-state index in [2.05, 4.69) is 46.6 Å². The van der Waals surface area contributed by atoms with Crippen molar-refractivity contribution >= 4 is 21.8 Å². The lowest BCUT2D eigenvalue weighted by Gasteiger charge is -2.10. The lowest BCUT2D eigenvalue weighted by Crippen LogP contribution is -1.89. The number of hydrogen-bond acceptors (Lipinski definition) is 2. The molecule has 3 aromatic carbocycles. The van der Waals surface area contributed by atoms with Gasteiger partial charge >= 0.3 is 0 Å². The average Bonchev–Trinajstić information content (AvgIpc) is 3.02. The van der Waals surface area contributed by atoms with Crippen molar-refractivity contribution in [2.24, 2.45) is 0 Å². The fraction of sp³-hybridized carbons (Fsp3) is 0.0556. The van der Waals surface area contributed by atoms with Crippen LogP contribution >= 0.6 is 0 Å². The monoisotopic (exact) mass is 273 g/mol. The first-order valence-electron chi connectivity index (χ1n) is 6.79. The topological polar surface area (TPSA) is 37.9 Å². The molecule has 0 aliphatic carbocycles. The molecule has 0 aliphatic heterocycles. The summed E-state index contributed by atoms with van der Waals surface area (Å²) in [6, 6.07) is 18.6. The van der Waals surface area contributed by atoms with Gasteiger partial charge in [0.05, 0.1) is 18.2 Å². The molecule has 0 aliphatic rings. The summed E-state index contributed by atoms with van der Waals surface area (Å²) in [5.74, 6) is 0.818. The summed E-state index contributed by atoms with van der Waals surface area (Å²) in [7, 11) is 1.68. The number of fused-ring (bicyclic) bond motifs is 2. The second-order valence-electron chi connectivity index (χ2n) is 4.95. The van der Waals surface area contributed by atoms with E-state index in [-0.39, 0.29) is 0 Å². The molecule has 1 N–H and O–H groups in total. The van der Waals surface area contributed by atoms with E-state index in [4.69, 9.17) is 4.74 Å². The molecular formula is C18H13N2O. The molecule has 0 amide bonds. The second-order valence-corrected chi connectivity index (χ2v) is 4.95. The van der Waals surface area contributed by atoms with Crippen LogP contribution in [0.1, 0.15) is 0 Å². The van der Waals surface area contributed by atoms with Crippen LogP contribution < -0.4 is 4.74 Å². The van der Waals surface area contributed by atoms with Gasteiger partial charge in [-0.3, -0.25) is 0 Å². The van der Waals surface area contributed by atoms with Crippen LogP contribution in [0.15, 0.2) is 54.6 Å². The summed E-state index contributed by atoms with van der Waals surface area (Å²) < 4.78 is 5.52. The smallest absolute Gasteiger partial charge is 0.174 e. The standard InChI is InChI=1S/C18H13N2O/c1-21-16-9-8-15-18(20-11-19-15)17(16)14-7-6-12-4-2-3-5-13(12)10-14/h2-10H,1H3,(H,19,20). The Morgan fingerprint density at radius 3 is 2.71 bits per heavy atom. The van der Waals surface area contributed by atoms with E-state index >= 15 is 0 Å². The molecule has 4 rings (SSSR count). The van der Waals surface area contributed by atoms with Gasteiger partial charge in [-0.05, 0) is 34.5 Å². The third kappa shape index (κ3) is 1.86. The molecule has 0 fully saturated rings. The molecular weight excluding hydrogens is 260 g/mol. The maximum atomic E-state index is 5.52. The van der Waals surface area contributed by atoms with Crippen LogP contribution in [0.25, 0.3) is 32.9 Å². The van der Waals surface area contributed by atoms with E-state index in [1.54, 1.807) is 7.11 Å². The van der Waals surface area contributed by atoms with Gasteiger partial charge in [-0.25, -0.2) is 4.98 Å². The molecule has 4 aromatic rings. The number of aromatic amines is 1. The SMILES string of the molecule is COc1ccc2[nH][c]nc2c1-c1ccc2ccccc2c1. The zero-order valence-electron chi connectivity index (χ0n) is 11.6. The highest BCUT2D eigenvalue weighted by Gasteiger charge is 2.13. The summed E-state index contributed by atoms with van der Waals surface area (Å²) >= 11 is 0. The number of rotatable bonds is 2. The van der Waals surface area contributed by atoms with Crippen LogP contribution in [0.2, 0.25) is 0 Å². The highest BCUT2D eigenvalue weighted by Crippen LogP contribution is 2.36. The van der Waals surface area contributed by atoms with E-state index in [9.17, 15) is 0 Å². The van der Waals surface area contributed by atoms with Gasteiger partial charge in [-0.1, -0.05) is 36.4 Å². The van der Waals surface area contributed by atoms with E-state index in [0.717, 1.165) is 27.9 Å². The molecule has 21 heavy (non-hydrogen) atoms. The molecule has 1 heterocycles. The quantitative estimate of drug-likeness (QED) is 0.594. The van der Waals surface area contributed by atoms with Crippen LogP contribution in [0.5, 0.6) is 5.75 Å². The first kappa shape index (κ1) is 12.0. The highest BCUT2D eigenvalue weighted by molar-refractivity contribution is 5.98. The van der Waals surface area contributed by atoms with Crippen molar-refractivity contribution < 1.29 is 4.74 Å². The van der Waals surface area contributed by atoms with E-state index in [1.807, 2.05) is 24.3 Å². The van der Waals surface area contributed by atoms with Crippen molar-refractivity contribution in [2.45, 2.75) is 0 Å². The third-order valence-corrected chi connectivity index (χ3v) is 3.76. The fourth-order valence-electron chi connectivity index (χ4n) is 2.73. The number of nitrogens with zero attached hydrogens (tertiary/aromatic N) is 1. The summed E-state index contributed by atoms with van der Waals surface area (Å²) in [5.41, 5.74) is 3.93. The minimum Gasteiger partial charge on any atom is -0.496 e. The lowest BCUT2D eigenvalue weighted by atomic mass is 9.99. The number of methoxy groups -OCH3 is 1. The molecule has 1 radical (unpaired) electrons. The number of imidazole rings is 1. The maximum Gasteiger partial charge on any atom is 0.174 e. The van der Waals surface area contributed by atoms with Gasteiger partial charge in [0.15, 0.2) is 6.33 Å². The van der Waals surface area contributed by atoms with Gasteiger partial charge < -0.3 is 9.72 Å². The summed E-state index contributed by atoms with van der Waals surface area (Å²) in [6.07, 6.45) is 2.81. The molecule has 1 aromatic heterocycles.